The third kappa shape index (κ3) is 3.42. The van der Waals surface area contributed by atoms with Gasteiger partial charge in [0.15, 0.2) is 0 Å². The van der Waals surface area contributed by atoms with Crippen molar-refractivity contribution in [1.29, 1.82) is 0 Å². The molecule has 0 aliphatic carbocycles. The number of hydrogen-bond donors (Lipinski definition) is 1. The number of thiophene rings is 1. The Balaban J connectivity index is 2.02. The number of rotatable bonds is 6. The van der Waals surface area contributed by atoms with Crippen LogP contribution in [-0.4, -0.2) is 35.9 Å². The Labute approximate surface area is 116 Å². The van der Waals surface area contributed by atoms with Crippen LogP contribution in [0.2, 0.25) is 0 Å². The van der Waals surface area contributed by atoms with Crippen molar-refractivity contribution in [3.8, 4) is 10.6 Å². The number of aryl methyl sites for hydroxylation is 1. The van der Waals surface area contributed by atoms with E-state index in [9.17, 15) is 4.79 Å². The molecule has 5 nitrogen and oxygen atoms in total. The van der Waals surface area contributed by atoms with Crippen LogP contribution >= 0.6 is 11.3 Å². The van der Waals surface area contributed by atoms with Crippen LogP contribution in [0.4, 0.5) is 0 Å². The van der Waals surface area contributed by atoms with E-state index in [1.54, 1.807) is 30.2 Å². The molecule has 2 aromatic rings. The zero-order valence-corrected chi connectivity index (χ0v) is 11.9. The van der Waals surface area contributed by atoms with Gasteiger partial charge < -0.3 is 10.1 Å². The first kappa shape index (κ1) is 13.8. The van der Waals surface area contributed by atoms with Gasteiger partial charge in [0, 0.05) is 27.3 Å². The van der Waals surface area contributed by atoms with Crippen LogP contribution in [0.5, 0.6) is 0 Å². The van der Waals surface area contributed by atoms with Crippen LogP contribution in [0.25, 0.3) is 10.6 Å². The van der Waals surface area contributed by atoms with Gasteiger partial charge >= 0.3 is 0 Å². The summed E-state index contributed by atoms with van der Waals surface area (Å²) >= 11 is 1.61. The van der Waals surface area contributed by atoms with Crippen molar-refractivity contribution in [1.82, 2.24) is 15.1 Å². The molecular weight excluding hydrogens is 262 g/mol. The second-order valence-electron chi connectivity index (χ2n) is 4.12. The van der Waals surface area contributed by atoms with Gasteiger partial charge in [0.2, 0.25) is 0 Å². The highest BCUT2D eigenvalue weighted by molar-refractivity contribution is 7.13. The molecule has 1 amide bonds. The van der Waals surface area contributed by atoms with E-state index in [-0.39, 0.29) is 5.91 Å². The lowest BCUT2D eigenvalue weighted by atomic mass is 10.3. The Hall–Kier alpha value is -1.66. The smallest absolute Gasteiger partial charge is 0.269 e. The average molecular weight is 279 g/mol. The number of hydrogen-bond acceptors (Lipinski definition) is 4. The standard InChI is InChI=1S/C13H17N3O2S/c1-16-11(13(17)14-6-4-7-18-2)9-10(15-16)12-5-3-8-19-12/h3,5,8-9H,4,6-7H2,1-2H3,(H,14,17). The molecule has 0 bridgehead atoms. The van der Waals surface area contributed by atoms with Crippen LogP contribution in [0.3, 0.4) is 0 Å². The number of amides is 1. The molecule has 2 aromatic heterocycles. The summed E-state index contributed by atoms with van der Waals surface area (Å²) in [5, 5.41) is 9.21. The molecule has 0 spiro atoms. The van der Waals surface area contributed by atoms with Gasteiger partial charge in [-0.1, -0.05) is 6.07 Å². The van der Waals surface area contributed by atoms with Crippen LogP contribution in [-0.2, 0) is 11.8 Å². The van der Waals surface area contributed by atoms with Crippen LogP contribution < -0.4 is 5.32 Å². The van der Waals surface area contributed by atoms with Crippen molar-refractivity contribution in [2.45, 2.75) is 6.42 Å². The number of nitrogens with one attached hydrogen (secondary N) is 1. The average Bonchev–Trinajstić information content (AvgIpc) is 3.03. The fraction of sp³-hybridized carbons (Fsp3) is 0.385. The lowest BCUT2D eigenvalue weighted by Crippen LogP contribution is -2.27. The molecule has 0 radical (unpaired) electrons. The molecular formula is C13H17N3O2S. The zero-order valence-electron chi connectivity index (χ0n) is 11.0. The zero-order chi connectivity index (χ0) is 13.7. The first-order valence-electron chi connectivity index (χ1n) is 6.07. The summed E-state index contributed by atoms with van der Waals surface area (Å²) in [6.45, 7) is 1.25. The quantitative estimate of drug-likeness (QED) is 0.822. The Bertz CT molecular complexity index is 534. The fourth-order valence-electron chi connectivity index (χ4n) is 1.73. The summed E-state index contributed by atoms with van der Waals surface area (Å²) in [5.74, 6) is -0.103. The molecule has 2 heterocycles. The first-order valence-corrected chi connectivity index (χ1v) is 6.95. The molecule has 6 heteroatoms. The lowest BCUT2D eigenvalue weighted by molar-refractivity contribution is 0.0939. The van der Waals surface area contributed by atoms with E-state index in [1.165, 1.54) is 0 Å². The van der Waals surface area contributed by atoms with E-state index in [4.69, 9.17) is 4.74 Å². The van der Waals surface area contributed by atoms with E-state index in [2.05, 4.69) is 10.4 Å². The third-order valence-corrected chi connectivity index (χ3v) is 3.59. The monoisotopic (exact) mass is 279 g/mol. The summed E-state index contributed by atoms with van der Waals surface area (Å²) in [5.41, 5.74) is 1.40. The van der Waals surface area contributed by atoms with E-state index < -0.39 is 0 Å². The lowest BCUT2D eigenvalue weighted by Gasteiger charge is -2.04. The molecule has 102 valence electrons. The van der Waals surface area contributed by atoms with E-state index >= 15 is 0 Å². The third-order valence-electron chi connectivity index (χ3n) is 2.70. The minimum atomic E-state index is -0.103. The molecule has 2 rings (SSSR count). The highest BCUT2D eigenvalue weighted by Crippen LogP contribution is 2.23. The van der Waals surface area contributed by atoms with Crippen molar-refractivity contribution in [3.05, 3.63) is 29.3 Å². The Kier molecular flexibility index (Phi) is 4.70. The molecule has 0 fully saturated rings. The number of carbonyl (C=O) groups is 1. The number of aromatic nitrogens is 2. The molecule has 19 heavy (non-hydrogen) atoms. The van der Waals surface area contributed by atoms with Gasteiger partial charge in [-0.05, 0) is 23.9 Å². The Morgan fingerprint density at radius 2 is 2.42 bits per heavy atom. The maximum atomic E-state index is 12.0. The molecule has 0 aromatic carbocycles. The second-order valence-corrected chi connectivity index (χ2v) is 5.07. The molecule has 0 saturated heterocycles. The van der Waals surface area contributed by atoms with Gasteiger partial charge in [0.25, 0.3) is 5.91 Å². The van der Waals surface area contributed by atoms with Gasteiger partial charge in [-0.25, -0.2) is 0 Å². The summed E-state index contributed by atoms with van der Waals surface area (Å²) in [6, 6.07) is 5.78. The SMILES string of the molecule is COCCCNC(=O)c1cc(-c2cccs2)nn1C. The topological polar surface area (TPSA) is 56.1 Å². The van der Waals surface area contributed by atoms with E-state index in [0.29, 0.717) is 18.8 Å². The molecule has 0 unspecified atom stereocenters. The Morgan fingerprint density at radius 1 is 1.58 bits per heavy atom. The first-order chi connectivity index (χ1) is 9.22. The number of ether oxygens (including phenoxy) is 1. The van der Waals surface area contributed by atoms with Gasteiger partial charge in [-0.3, -0.25) is 9.48 Å². The number of nitrogens with zero attached hydrogens (tertiary/aromatic N) is 2. The minimum absolute atomic E-state index is 0.103. The van der Waals surface area contributed by atoms with Crippen molar-refractivity contribution < 1.29 is 9.53 Å². The van der Waals surface area contributed by atoms with Gasteiger partial charge in [0.1, 0.15) is 11.4 Å². The van der Waals surface area contributed by atoms with Gasteiger partial charge in [-0.2, -0.15) is 5.10 Å². The van der Waals surface area contributed by atoms with Crippen LogP contribution in [0.15, 0.2) is 23.6 Å². The summed E-state index contributed by atoms with van der Waals surface area (Å²) < 4.78 is 6.55. The maximum absolute atomic E-state index is 12.0. The van der Waals surface area contributed by atoms with Gasteiger partial charge in [-0.15, -0.1) is 11.3 Å². The van der Waals surface area contributed by atoms with Crippen molar-refractivity contribution in [2.75, 3.05) is 20.3 Å². The van der Waals surface area contributed by atoms with E-state index in [1.807, 2.05) is 23.6 Å². The summed E-state index contributed by atoms with van der Waals surface area (Å²) in [6.07, 6.45) is 0.803. The highest BCUT2D eigenvalue weighted by Gasteiger charge is 2.14. The summed E-state index contributed by atoms with van der Waals surface area (Å²) in [7, 11) is 3.43. The fourth-order valence-corrected chi connectivity index (χ4v) is 2.41. The Morgan fingerprint density at radius 3 is 3.11 bits per heavy atom. The van der Waals surface area contributed by atoms with Crippen molar-refractivity contribution in [3.63, 3.8) is 0 Å². The second kappa shape index (κ2) is 6.49. The normalized spacial score (nSPS) is 10.6. The summed E-state index contributed by atoms with van der Waals surface area (Å²) in [4.78, 5) is 13.1. The molecule has 1 N–H and O–H groups in total. The molecule has 0 saturated carbocycles. The minimum Gasteiger partial charge on any atom is -0.385 e. The van der Waals surface area contributed by atoms with E-state index in [0.717, 1.165) is 17.0 Å². The molecule has 0 atom stereocenters. The number of carbonyl (C=O) groups excluding carboxylic acids is 1. The largest absolute Gasteiger partial charge is 0.385 e. The highest BCUT2D eigenvalue weighted by atomic mass is 32.1. The maximum Gasteiger partial charge on any atom is 0.269 e. The predicted octanol–water partition coefficient (Wildman–Crippen LogP) is 1.91. The molecule has 0 aliphatic heterocycles. The van der Waals surface area contributed by atoms with Crippen molar-refractivity contribution in [2.24, 2.45) is 7.05 Å². The predicted molar refractivity (Wildman–Crippen MR) is 75.3 cm³/mol. The number of methoxy groups -OCH3 is 1. The van der Waals surface area contributed by atoms with Crippen molar-refractivity contribution >= 4 is 17.2 Å². The van der Waals surface area contributed by atoms with Crippen LogP contribution in [0.1, 0.15) is 16.9 Å². The van der Waals surface area contributed by atoms with Crippen LogP contribution in [0, 0.1) is 0 Å². The van der Waals surface area contributed by atoms with Gasteiger partial charge in [0.05, 0.1) is 4.88 Å². The molecule has 0 aliphatic rings.